The highest BCUT2D eigenvalue weighted by Crippen LogP contribution is 2.21. The monoisotopic (exact) mass is 311 g/mol. The summed E-state index contributed by atoms with van der Waals surface area (Å²) in [6.07, 6.45) is 4.96. The van der Waals surface area contributed by atoms with Crippen molar-refractivity contribution in [1.29, 1.82) is 0 Å². The molecule has 3 aromatic heterocycles. The third-order valence-electron chi connectivity index (χ3n) is 4.45. The molecule has 0 radical (unpaired) electrons. The molecule has 1 aliphatic rings. The molecule has 0 bridgehead atoms. The maximum atomic E-state index is 5.85. The molecule has 3 aromatic rings. The minimum atomic E-state index is 0.687. The van der Waals surface area contributed by atoms with E-state index in [4.69, 9.17) is 4.42 Å². The van der Waals surface area contributed by atoms with Crippen LogP contribution in [0.5, 0.6) is 0 Å². The van der Waals surface area contributed by atoms with E-state index in [9.17, 15) is 0 Å². The lowest BCUT2D eigenvalue weighted by molar-refractivity contribution is 0.279. The van der Waals surface area contributed by atoms with Gasteiger partial charge in [-0.2, -0.15) is 4.98 Å². The number of pyridine rings is 1. The van der Waals surface area contributed by atoms with Crippen molar-refractivity contribution in [3.8, 4) is 0 Å². The molecule has 120 valence electrons. The molecule has 4 rings (SSSR count). The van der Waals surface area contributed by atoms with Gasteiger partial charge in [0.2, 0.25) is 5.65 Å². The number of rotatable bonds is 3. The van der Waals surface area contributed by atoms with E-state index in [1.54, 1.807) is 6.20 Å². The second kappa shape index (κ2) is 6.04. The van der Waals surface area contributed by atoms with Gasteiger partial charge in [0, 0.05) is 57.9 Å². The van der Waals surface area contributed by atoms with E-state index in [1.165, 1.54) is 5.69 Å². The lowest BCUT2D eigenvalue weighted by Gasteiger charge is -2.21. The fourth-order valence-electron chi connectivity index (χ4n) is 3.10. The number of aryl methyl sites for hydroxylation is 1. The Morgan fingerprint density at radius 2 is 2.09 bits per heavy atom. The summed E-state index contributed by atoms with van der Waals surface area (Å²) >= 11 is 0. The molecule has 1 fully saturated rings. The zero-order chi connectivity index (χ0) is 15.6. The maximum Gasteiger partial charge on any atom is 0.299 e. The largest absolute Gasteiger partial charge is 0.422 e. The Morgan fingerprint density at radius 1 is 1.13 bits per heavy atom. The number of hydrogen-bond acceptors (Lipinski definition) is 5. The van der Waals surface area contributed by atoms with Crippen LogP contribution in [0.4, 0.5) is 6.01 Å². The Labute approximate surface area is 135 Å². The molecule has 0 aliphatic carbocycles. The Bertz CT molecular complexity index is 760. The van der Waals surface area contributed by atoms with Crippen LogP contribution >= 0.6 is 0 Å². The molecule has 0 unspecified atom stereocenters. The number of fused-ring (bicyclic) bond motifs is 1. The molecule has 0 aromatic carbocycles. The normalized spacial score (nSPS) is 16.8. The minimum absolute atomic E-state index is 0.687. The molecule has 23 heavy (non-hydrogen) atoms. The molecule has 0 spiro atoms. The fourth-order valence-corrected chi connectivity index (χ4v) is 3.10. The summed E-state index contributed by atoms with van der Waals surface area (Å²) in [5, 5.41) is 0. The van der Waals surface area contributed by atoms with Crippen LogP contribution < -0.4 is 4.90 Å². The van der Waals surface area contributed by atoms with Crippen LogP contribution in [0.2, 0.25) is 0 Å². The average molecular weight is 311 g/mol. The van der Waals surface area contributed by atoms with E-state index in [1.807, 2.05) is 12.1 Å². The molecule has 4 heterocycles. The van der Waals surface area contributed by atoms with Gasteiger partial charge in [-0.1, -0.05) is 0 Å². The summed E-state index contributed by atoms with van der Waals surface area (Å²) < 4.78 is 8.04. The first-order chi connectivity index (χ1) is 11.3. The third-order valence-corrected chi connectivity index (χ3v) is 4.45. The van der Waals surface area contributed by atoms with E-state index in [0.29, 0.717) is 11.7 Å². The lowest BCUT2D eigenvalue weighted by atomic mass is 10.3. The fraction of sp³-hybridized carbons (Fsp3) is 0.412. The zero-order valence-electron chi connectivity index (χ0n) is 13.4. The molecular weight excluding hydrogens is 290 g/mol. The number of hydrogen-bond donors (Lipinski definition) is 0. The molecule has 1 saturated heterocycles. The summed E-state index contributed by atoms with van der Waals surface area (Å²) in [4.78, 5) is 13.5. The summed E-state index contributed by atoms with van der Waals surface area (Å²) in [5.74, 6) is 0. The second-order valence-corrected chi connectivity index (χ2v) is 6.05. The SMILES string of the molecule is Cn1cccc1CN1CCCN(c2nc3ncccc3o2)CC1. The molecule has 6 nitrogen and oxygen atoms in total. The topological polar surface area (TPSA) is 50.3 Å². The van der Waals surface area contributed by atoms with Crippen LogP contribution in [-0.2, 0) is 13.6 Å². The standard InChI is InChI=1S/C17H21N5O/c1-20-8-3-5-14(20)13-21-9-4-10-22(12-11-21)17-19-16-15(23-17)6-2-7-18-16/h2-3,5-8H,4,9-13H2,1H3. The first-order valence-corrected chi connectivity index (χ1v) is 8.09. The summed E-state index contributed by atoms with van der Waals surface area (Å²) in [7, 11) is 2.10. The minimum Gasteiger partial charge on any atom is -0.422 e. The van der Waals surface area contributed by atoms with Gasteiger partial charge in [-0.25, -0.2) is 4.98 Å². The van der Waals surface area contributed by atoms with Crippen molar-refractivity contribution >= 4 is 17.2 Å². The molecule has 0 atom stereocenters. The quantitative estimate of drug-likeness (QED) is 0.743. The van der Waals surface area contributed by atoms with Gasteiger partial charge in [0.25, 0.3) is 6.01 Å². The van der Waals surface area contributed by atoms with Crippen molar-refractivity contribution in [2.45, 2.75) is 13.0 Å². The van der Waals surface area contributed by atoms with E-state index in [-0.39, 0.29) is 0 Å². The van der Waals surface area contributed by atoms with Gasteiger partial charge in [0.1, 0.15) is 0 Å². The summed E-state index contributed by atoms with van der Waals surface area (Å²) in [6, 6.07) is 8.78. The van der Waals surface area contributed by atoms with E-state index in [2.05, 4.69) is 49.7 Å². The molecule has 1 aliphatic heterocycles. The van der Waals surface area contributed by atoms with Crippen molar-refractivity contribution in [3.63, 3.8) is 0 Å². The average Bonchev–Trinajstić information content (AvgIpc) is 3.08. The number of oxazole rings is 1. The highest BCUT2D eigenvalue weighted by molar-refractivity contribution is 5.69. The maximum absolute atomic E-state index is 5.85. The van der Waals surface area contributed by atoms with Crippen molar-refractivity contribution in [1.82, 2.24) is 19.4 Å². The van der Waals surface area contributed by atoms with Crippen LogP contribution in [0.25, 0.3) is 11.2 Å². The highest BCUT2D eigenvalue weighted by atomic mass is 16.4. The van der Waals surface area contributed by atoms with Gasteiger partial charge in [0.05, 0.1) is 0 Å². The molecular formula is C17H21N5O. The van der Waals surface area contributed by atoms with Gasteiger partial charge < -0.3 is 13.9 Å². The van der Waals surface area contributed by atoms with Crippen molar-refractivity contribution < 1.29 is 4.42 Å². The van der Waals surface area contributed by atoms with Crippen molar-refractivity contribution in [2.24, 2.45) is 7.05 Å². The number of aromatic nitrogens is 3. The van der Waals surface area contributed by atoms with Gasteiger partial charge in [-0.05, 0) is 30.7 Å². The van der Waals surface area contributed by atoms with Gasteiger partial charge in [0.15, 0.2) is 5.58 Å². The lowest BCUT2D eigenvalue weighted by Crippen LogP contribution is -2.31. The number of anilines is 1. The van der Waals surface area contributed by atoms with Crippen LogP contribution in [0, 0.1) is 0 Å². The van der Waals surface area contributed by atoms with Gasteiger partial charge in [-0.3, -0.25) is 4.90 Å². The van der Waals surface area contributed by atoms with Crippen molar-refractivity contribution in [2.75, 3.05) is 31.1 Å². The van der Waals surface area contributed by atoms with Gasteiger partial charge >= 0.3 is 0 Å². The molecule has 6 heteroatoms. The summed E-state index contributed by atoms with van der Waals surface area (Å²) in [6.45, 7) is 5.00. The van der Waals surface area contributed by atoms with Crippen LogP contribution in [0.1, 0.15) is 12.1 Å². The second-order valence-electron chi connectivity index (χ2n) is 6.05. The summed E-state index contributed by atoms with van der Waals surface area (Å²) in [5.41, 5.74) is 2.80. The smallest absolute Gasteiger partial charge is 0.299 e. The predicted octanol–water partition coefficient (Wildman–Crippen LogP) is 2.27. The first-order valence-electron chi connectivity index (χ1n) is 8.09. The Kier molecular flexibility index (Phi) is 3.75. The third kappa shape index (κ3) is 2.94. The van der Waals surface area contributed by atoms with Crippen LogP contribution in [0.3, 0.4) is 0 Å². The van der Waals surface area contributed by atoms with Crippen LogP contribution in [0.15, 0.2) is 41.1 Å². The van der Waals surface area contributed by atoms with Crippen molar-refractivity contribution in [3.05, 3.63) is 42.4 Å². The first kappa shape index (κ1) is 14.3. The molecule has 0 N–H and O–H groups in total. The molecule has 0 saturated carbocycles. The van der Waals surface area contributed by atoms with E-state index in [0.717, 1.165) is 44.7 Å². The Morgan fingerprint density at radius 3 is 2.91 bits per heavy atom. The highest BCUT2D eigenvalue weighted by Gasteiger charge is 2.20. The zero-order valence-corrected chi connectivity index (χ0v) is 13.4. The van der Waals surface area contributed by atoms with E-state index >= 15 is 0 Å². The van der Waals surface area contributed by atoms with Gasteiger partial charge in [-0.15, -0.1) is 0 Å². The Balaban J connectivity index is 1.45. The Hall–Kier alpha value is -2.34. The van der Waals surface area contributed by atoms with Crippen LogP contribution in [-0.4, -0.2) is 45.6 Å². The van der Waals surface area contributed by atoms with E-state index < -0.39 is 0 Å². The molecule has 0 amide bonds. The predicted molar refractivity (Wildman–Crippen MR) is 89.3 cm³/mol. The number of nitrogens with zero attached hydrogens (tertiary/aromatic N) is 5.